The number of para-hydroxylation sites is 1. The van der Waals surface area contributed by atoms with E-state index < -0.39 is 0 Å². The number of hydrogen-bond acceptors (Lipinski definition) is 4. The summed E-state index contributed by atoms with van der Waals surface area (Å²) < 4.78 is 0. The molecular formula is C14H17N3S2. The van der Waals surface area contributed by atoms with Crippen molar-refractivity contribution in [2.45, 2.75) is 26.8 Å². The number of aromatic nitrogens is 1. The number of thiazole rings is 1. The molecule has 0 amide bonds. The molecule has 0 saturated carbocycles. The van der Waals surface area contributed by atoms with Crippen LogP contribution < -0.4 is 11.1 Å². The summed E-state index contributed by atoms with van der Waals surface area (Å²) >= 11 is 6.77. The van der Waals surface area contributed by atoms with E-state index in [9.17, 15) is 0 Å². The largest absolute Gasteiger partial charge is 0.389 e. The van der Waals surface area contributed by atoms with Gasteiger partial charge in [-0.25, -0.2) is 4.98 Å². The number of rotatable bonds is 4. The lowest BCUT2D eigenvalue weighted by molar-refractivity contribution is 0.862. The maximum absolute atomic E-state index is 5.78. The zero-order valence-electron chi connectivity index (χ0n) is 11.2. The third kappa shape index (κ3) is 3.11. The van der Waals surface area contributed by atoms with E-state index in [0.717, 1.165) is 27.5 Å². The average Bonchev–Trinajstić information content (AvgIpc) is 2.78. The van der Waals surface area contributed by atoms with Gasteiger partial charge in [-0.3, -0.25) is 0 Å². The smallest absolute Gasteiger partial charge is 0.115 e. The Morgan fingerprint density at radius 3 is 2.74 bits per heavy atom. The Morgan fingerprint density at radius 2 is 2.16 bits per heavy atom. The van der Waals surface area contributed by atoms with Gasteiger partial charge in [0.15, 0.2) is 0 Å². The second-order valence-electron chi connectivity index (χ2n) is 4.55. The first-order valence-corrected chi connectivity index (χ1v) is 7.36. The van der Waals surface area contributed by atoms with E-state index in [2.05, 4.69) is 22.6 Å². The Morgan fingerprint density at radius 1 is 1.42 bits per heavy atom. The highest BCUT2D eigenvalue weighted by atomic mass is 32.1. The van der Waals surface area contributed by atoms with Crippen LogP contribution in [0, 0.1) is 13.8 Å². The minimum absolute atomic E-state index is 0.132. The highest BCUT2D eigenvalue weighted by molar-refractivity contribution is 7.80. The van der Waals surface area contributed by atoms with Crippen molar-refractivity contribution in [1.29, 1.82) is 0 Å². The van der Waals surface area contributed by atoms with Crippen LogP contribution in [0.3, 0.4) is 0 Å². The fourth-order valence-corrected chi connectivity index (χ4v) is 2.89. The van der Waals surface area contributed by atoms with E-state index in [4.69, 9.17) is 18.0 Å². The van der Waals surface area contributed by atoms with Crippen molar-refractivity contribution in [3.05, 3.63) is 45.4 Å². The first-order chi connectivity index (χ1) is 8.99. The van der Waals surface area contributed by atoms with Crippen molar-refractivity contribution in [3.63, 3.8) is 0 Å². The van der Waals surface area contributed by atoms with Crippen molar-refractivity contribution in [3.8, 4) is 0 Å². The third-order valence-corrected chi connectivity index (χ3v) is 4.27. The number of anilines is 1. The Balaban J connectivity index is 2.30. The molecule has 5 heteroatoms. The molecule has 0 aliphatic heterocycles. The number of aryl methyl sites for hydroxylation is 2. The van der Waals surface area contributed by atoms with E-state index in [-0.39, 0.29) is 6.04 Å². The summed E-state index contributed by atoms with van der Waals surface area (Å²) in [4.78, 5) is 4.91. The maximum Gasteiger partial charge on any atom is 0.115 e. The summed E-state index contributed by atoms with van der Waals surface area (Å²) in [5.74, 6) is 0. The van der Waals surface area contributed by atoms with E-state index in [1.165, 1.54) is 0 Å². The lowest BCUT2D eigenvalue weighted by atomic mass is 10.1. The summed E-state index contributed by atoms with van der Waals surface area (Å²) in [6.45, 7) is 6.14. The lowest BCUT2D eigenvalue weighted by Crippen LogP contribution is -2.16. The van der Waals surface area contributed by atoms with Crippen LogP contribution in [0.1, 0.15) is 34.8 Å². The predicted octanol–water partition coefficient (Wildman–Crippen LogP) is 3.57. The standard InChI is InChI=1S/C14H17N3S2/c1-8-5-4-6-11(13(15)18)12(8)17-10(3)14-16-9(2)7-19-14/h4-7,10,17H,1-3H3,(H2,15,18). The number of benzene rings is 1. The second kappa shape index (κ2) is 5.67. The first-order valence-electron chi connectivity index (χ1n) is 6.07. The highest BCUT2D eigenvalue weighted by Gasteiger charge is 2.14. The molecule has 1 aromatic heterocycles. The van der Waals surface area contributed by atoms with E-state index in [1.54, 1.807) is 11.3 Å². The number of nitrogens with two attached hydrogens (primary N) is 1. The third-order valence-electron chi connectivity index (χ3n) is 2.91. The van der Waals surface area contributed by atoms with Gasteiger partial charge in [-0.05, 0) is 32.4 Å². The van der Waals surface area contributed by atoms with Gasteiger partial charge in [0.2, 0.25) is 0 Å². The molecule has 19 heavy (non-hydrogen) atoms. The van der Waals surface area contributed by atoms with Crippen molar-refractivity contribution in [2.75, 3.05) is 5.32 Å². The van der Waals surface area contributed by atoms with Crippen LogP contribution in [-0.2, 0) is 0 Å². The normalized spacial score (nSPS) is 12.2. The molecule has 3 nitrogen and oxygen atoms in total. The molecule has 100 valence electrons. The molecular weight excluding hydrogens is 274 g/mol. The van der Waals surface area contributed by atoms with Crippen LogP contribution in [0.15, 0.2) is 23.6 Å². The van der Waals surface area contributed by atoms with Crippen LogP contribution in [-0.4, -0.2) is 9.97 Å². The monoisotopic (exact) mass is 291 g/mol. The SMILES string of the molecule is Cc1csc(C(C)Nc2c(C)cccc2C(N)=S)n1. The van der Waals surface area contributed by atoms with Gasteiger partial charge >= 0.3 is 0 Å². The molecule has 0 bridgehead atoms. The first kappa shape index (κ1) is 14.0. The zero-order valence-corrected chi connectivity index (χ0v) is 12.9. The molecule has 2 aromatic rings. The highest BCUT2D eigenvalue weighted by Crippen LogP contribution is 2.27. The summed E-state index contributed by atoms with van der Waals surface area (Å²) in [7, 11) is 0. The van der Waals surface area contributed by atoms with Gasteiger partial charge in [0.05, 0.1) is 6.04 Å². The van der Waals surface area contributed by atoms with Crippen molar-refractivity contribution in [1.82, 2.24) is 4.98 Å². The van der Waals surface area contributed by atoms with Crippen LogP contribution in [0.25, 0.3) is 0 Å². The number of thiocarbonyl (C=S) groups is 1. The quantitative estimate of drug-likeness (QED) is 0.846. The molecule has 2 rings (SSSR count). The molecule has 1 heterocycles. The zero-order chi connectivity index (χ0) is 14.0. The summed E-state index contributed by atoms with van der Waals surface area (Å²) in [6.07, 6.45) is 0. The molecule has 0 fully saturated rings. The molecule has 0 radical (unpaired) electrons. The lowest BCUT2D eigenvalue weighted by Gasteiger charge is -2.18. The molecule has 0 spiro atoms. The van der Waals surface area contributed by atoms with Crippen molar-refractivity contribution >= 4 is 34.2 Å². The topological polar surface area (TPSA) is 50.9 Å². The molecule has 3 N–H and O–H groups in total. The fraction of sp³-hybridized carbons (Fsp3) is 0.286. The Hall–Kier alpha value is -1.46. The Labute approximate surface area is 122 Å². The summed E-state index contributed by atoms with van der Waals surface area (Å²) in [5, 5.41) is 6.59. The van der Waals surface area contributed by atoms with Gasteiger partial charge in [0.25, 0.3) is 0 Å². The molecule has 0 aliphatic rings. The average molecular weight is 291 g/mol. The van der Waals surface area contributed by atoms with Gasteiger partial charge < -0.3 is 11.1 Å². The fourth-order valence-electron chi connectivity index (χ4n) is 1.91. The van der Waals surface area contributed by atoms with E-state index >= 15 is 0 Å². The van der Waals surface area contributed by atoms with Gasteiger partial charge in [-0.2, -0.15) is 0 Å². The van der Waals surface area contributed by atoms with E-state index in [1.807, 2.05) is 32.0 Å². The van der Waals surface area contributed by atoms with Crippen LogP contribution >= 0.6 is 23.6 Å². The summed E-state index contributed by atoms with van der Waals surface area (Å²) in [5.41, 5.74) is 9.84. The van der Waals surface area contributed by atoms with Crippen molar-refractivity contribution < 1.29 is 0 Å². The molecule has 0 aliphatic carbocycles. The van der Waals surface area contributed by atoms with E-state index in [0.29, 0.717) is 4.99 Å². The second-order valence-corrected chi connectivity index (χ2v) is 5.88. The van der Waals surface area contributed by atoms with Gasteiger partial charge in [-0.15, -0.1) is 11.3 Å². The minimum atomic E-state index is 0.132. The van der Waals surface area contributed by atoms with Gasteiger partial charge in [-0.1, -0.05) is 24.4 Å². The molecule has 1 atom stereocenters. The molecule has 1 unspecified atom stereocenters. The Bertz CT molecular complexity index is 604. The van der Waals surface area contributed by atoms with Crippen LogP contribution in [0.5, 0.6) is 0 Å². The van der Waals surface area contributed by atoms with Crippen LogP contribution in [0.4, 0.5) is 5.69 Å². The predicted molar refractivity (Wildman–Crippen MR) is 86.0 cm³/mol. The Kier molecular flexibility index (Phi) is 4.17. The number of hydrogen-bond donors (Lipinski definition) is 2. The summed E-state index contributed by atoms with van der Waals surface area (Å²) in [6, 6.07) is 6.09. The maximum atomic E-state index is 5.78. The van der Waals surface area contributed by atoms with Crippen molar-refractivity contribution in [2.24, 2.45) is 5.73 Å². The number of nitrogens with one attached hydrogen (secondary N) is 1. The van der Waals surface area contributed by atoms with Gasteiger partial charge in [0.1, 0.15) is 10.00 Å². The van der Waals surface area contributed by atoms with Gasteiger partial charge in [0, 0.05) is 22.3 Å². The molecule has 0 saturated heterocycles. The van der Waals surface area contributed by atoms with Crippen LogP contribution in [0.2, 0.25) is 0 Å². The number of nitrogens with zero attached hydrogens (tertiary/aromatic N) is 1. The minimum Gasteiger partial charge on any atom is -0.389 e. The molecule has 1 aromatic carbocycles.